The predicted molar refractivity (Wildman–Crippen MR) is 227 cm³/mol. The molecule has 9 aromatic rings. The molecule has 0 bridgehead atoms. The molecule has 0 unspecified atom stereocenters. The highest BCUT2D eigenvalue weighted by Gasteiger charge is 2.46. The largest absolute Gasteiger partial charge is 0.228 e. The van der Waals surface area contributed by atoms with Crippen molar-refractivity contribution >= 4 is 0 Å². The quantitative estimate of drug-likeness (QED) is 0.165. The van der Waals surface area contributed by atoms with E-state index in [-0.39, 0.29) is 0 Å². The molecule has 0 aliphatic heterocycles. The number of hydrogen-bond donors (Lipinski definition) is 0. The van der Waals surface area contributed by atoms with Gasteiger partial charge in [0, 0.05) is 16.7 Å². The van der Waals surface area contributed by atoms with Gasteiger partial charge in [0.15, 0.2) is 5.82 Å². The van der Waals surface area contributed by atoms with Gasteiger partial charge in [-0.3, -0.25) is 0 Å². The standard InChI is InChI=1S/C53H36N2/c1-5-16-40(17-6-1)49-36-50(55-52(54-49)42-18-7-2-8-19-42)41-34-30-38(31-35-41)37-28-32-39(33-29-37)45-25-15-27-48-51(45)46-24-13-14-26-47(46)53(48,43-20-9-3-10-21-43)44-22-11-4-12-23-44/h1-36H. The zero-order valence-corrected chi connectivity index (χ0v) is 30.2. The second-order valence-electron chi connectivity index (χ2n) is 14.1. The smallest absolute Gasteiger partial charge is 0.160 e. The van der Waals surface area contributed by atoms with E-state index < -0.39 is 5.41 Å². The summed E-state index contributed by atoms with van der Waals surface area (Å²) in [7, 11) is 0. The van der Waals surface area contributed by atoms with Crippen molar-refractivity contribution in [2.24, 2.45) is 0 Å². The molecule has 0 saturated heterocycles. The first-order chi connectivity index (χ1) is 27.3. The molecule has 2 heteroatoms. The van der Waals surface area contributed by atoms with E-state index in [9.17, 15) is 0 Å². The third kappa shape index (κ3) is 5.59. The molecule has 1 aliphatic rings. The van der Waals surface area contributed by atoms with Gasteiger partial charge in [0.25, 0.3) is 0 Å². The third-order valence-electron chi connectivity index (χ3n) is 11.0. The van der Waals surface area contributed by atoms with Gasteiger partial charge >= 0.3 is 0 Å². The van der Waals surface area contributed by atoms with Crippen molar-refractivity contribution in [2.75, 3.05) is 0 Å². The van der Waals surface area contributed by atoms with Crippen molar-refractivity contribution in [1.29, 1.82) is 0 Å². The Morgan fingerprint density at radius 3 is 1.29 bits per heavy atom. The summed E-state index contributed by atoms with van der Waals surface area (Å²) in [6.45, 7) is 0. The molecule has 0 amide bonds. The van der Waals surface area contributed by atoms with Crippen LogP contribution in [0.1, 0.15) is 22.3 Å². The Morgan fingerprint density at radius 1 is 0.291 bits per heavy atom. The number of nitrogens with zero attached hydrogens (tertiary/aromatic N) is 2. The molecule has 0 spiro atoms. The molecule has 1 aliphatic carbocycles. The Labute approximate surface area is 322 Å². The van der Waals surface area contributed by atoms with Gasteiger partial charge in [-0.1, -0.05) is 212 Å². The number of hydrogen-bond acceptors (Lipinski definition) is 2. The maximum Gasteiger partial charge on any atom is 0.160 e. The Hall–Kier alpha value is -7.16. The van der Waals surface area contributed by atoms with Crippen LogP contribution in [0, 0.1) is 0 Å². The summed E-state index contributed by atoms with van der Waals surface area (Å²) in [6, 6.07) is 78.1. The van der Waals surface area contributed by atoms with Gasteiger partial charge in [-0.05, 0) is 61.7 Å². The van der Waals surface area contributed by atoms with Crippen LogP contribution in [0.4, 0.5) is 0 Å². The SMILES string of the molecule is c1ccc(-c2cc(-c3ccc(-c4ccc(-c5cccc6c5-c5ccccc5C6(c5ccccc5)c5ccccc5)cc4)cc3)nc(-c3ccccc3)n2)cc1. The lowest BCUT2D eigenvalue weighted by Crippen LogP contribution is -2.28. The van der Waals surface area contributed by atoms with Crippen LogP contribution >= 0.6 is 0 Å². The minimum atomic E-state index is -0.417. The molecular weight excluding hydrogens is 665 g/mol. The van der Waals surface area contributed by atoms with E-state index in [4.69, 9.17) is 9.97 Å². The second kappa shape index (κ2) is 13.7. The van der Waals surface area contributed by atoms with E-state index in [1.807, 2.05) is 36.4 Å². The molecule has 0 N–H and O–H groups in total. The first-order valence-corrected chi connectivity index (χ1v) is 18.8. The molecule has 0 saturated carbocycles. The Balaban J connectivity index is 1.02. The van der Waals surface area contributed by atoms with E-state index in [0.29, 0.717) is 0 Å². The van der Waals surface area contributed by atoms with Gasteiger partial charge in [0.05, 0.1) is 16.8 Å². The van der Waals surface area contributed by atoms with E-state index in [1.165, 1.54) is 50.1 Å². The van der Waals surface area contributed by atoms with E-state index in [0.717, 1.165) is 39.5 Å². The molecule has 2 nitrogen and oxygen atoms in total. The van der Waals surface area contributed by atoms with Crippen LogP contribution in [0.25, 0.3) is 67.3 Å². The molecular formula is C53H36N2. The van der Waals surface area contributed by atoms with Gasteiger partial charge < -0.3 is 0 Å². The van der Waals surface area contributed by atoms with Gasteiger partial charge in [0.2, 0.25) is 0 Å². The minimum Gasteiger partial charge on any atom is -0.228 e. The molecule has 0 radical (unpaired) electrons. The first-order valence-electron chi connectivity index (χ1n) is 18.8. The lowest BCUT2D eigenvalue weighted by atomic mass is 9.67. The van der Waals surface area contributed by atoms with Crippen LogP contribution in [0.5, 0.6) is 0 Å². The lowest BCUT2D eigenvalue weighted by molar-refractivity contribution is 0.768. The maximum atomic E-state index is 5.03. The molecule has 1 heterocycles. The average Bonchev–Trinajstić information content (AvgIpc) is 3.59. The van der Waals surface area contributed by atoms with Crippen molar-refractivity contribution in [2.45, 2.75) is 5.41 Å². The van der Waals surface area contributed by atoms with E-state index in [2.05, 4.69) is 182 Å². The van der Waals surface area contributed by atoms with Crippen molar-refractivity contribution in [3.63, 3.8) is 0 Å². The van der Waals surface area contributed by atoms with Gasteiger partial charge in [0.1, 0.15) is 0 Å². The highest BCUT2D eigenvalue weighted by molar-refractivity contribution is 5.95. The summed E-state index contributed by atoms with van der Waals surface area (Å²) >= 11 is 0. The molecule has 0 atom stereocenters. The van der Waals surface area contributed by atoms with Gasteiger partial charge in [-0.25, -0.2) is 9.97 Å². The zero-order valence-electron chi connectivity index (χ0n) is 30.2. The molecule has 1 aromatic heterocycles. The fourth-order valence-corrected chi connectivity index (χ4v) is 8.48. The van der Waals surface area contributed by atoms with Crippen LogP contribution in [0.3, 0.4) is 0 Å². The van der Waals surface area contributed by atoms with Crippen LogP contribution in [-0.2, 0) is 5.41 Å². The highest BCUT2D eigenvalue weighted by atomic mass is 14.9. The monoisotopic (exact) mass is 700 g/mol. The Morgan fingerprint density at radius 2 is 0.709 bits per heavy atom. The van der Waals surface area contributed by atoms with Crippen LogP contribution in [-0.4, -0.2) is 9.97 Å². The van der Waals surface area contributed by atoms with E-state index >= 15 is 0 Å². The summed E-state index contributed by atoms with van der Waals surface area (Å²) in [5.41, 5.74) is 17.1. The molecule has 55 heavy (non-hydrogen) atoms. The van der Waals surface area contributed by atoms with Crippen molar-refractivity contribution in [1.82, 2.24) is 9.97 Å². The summed E-state index contributed by atoms with van der Waals surface area (Å²) in [4.78, 5) is 9.99. The lowest BCUT2D eigenvalue weighted by Gasteiger charge is -2.34. The van der Waals surface area contributed by atoms with Crippen LogP contribution in [0.15, 0.2) is 218 Å². The summed E-state index contributed by atoms with van der Waals surface area (Å²) < 4.78 is 0. The highest BCUT2D eigenvalue weighted by Crippen LogP contribution is 2.58. The Bertz CT molecular complexity index is 2660. The van der Waals surface area contributed by atoms with Crippen LogP contribution < -0.4 is 0 Å². The number of aromatic nitrogens is 2. The number of fused-ring (bicyclic) bond motifs is 3. The first kappa shape index (κ1) is 32.5. The van der Waals surface area contributed by atoms with E-state index in [1.54, 1.807) is 0 Å². The summed E-state index contributed by atoms with van der Waals surface area (Å²) in [6.07, 6.45) is 0. The number of benzene rings is 8. The summed E-state index contributed by atoms with van der Waals surface area (Å²) in [5.74, 6) is 0.719. The molecule has 258 valence electrons. The van der Waals surface area contributed by atoms with Crippen LogP contribution in [0.2, 0.25) is 0 Å². The fraction of sp³-hybridized carbons (Fsp3) is 0.0189. The topological polar surface area (TPSA) is 25.8 Å². The van der Waals surface area contributed by atoms with Crippen molar-refractivity contribution < 1.29 is 0 Å². The molecule has 8 aromatic carbocycles. The molecule has 0 fully saturated rings. The minimum absolute atomic E-state index is 0.417. The maximum absolute atomic E-state index is 5.03. The second-order valence-corrected chi connectivity index (χ2v) is 14.1. The van der Waals surface area contributed by atoms with Gasteiger partial charge in [-0.2, -0.15) is 0 Å². The fourth-order valence-electron chi connectivity index (χ4n) is 8.48. The number of rotatable bonds is 7. The summed E-state index contributed by atoms with van der Waals surface area (Å²) in [5, 5.41) is 0. The predicted octanol–water partition coefficient (Wildman–Crippen LogP) is 13.2. The molecule has 10 rings (SSSR count). The van der Waals surface area contributed by atoms with Crippen molar-refractivity contribution in [3.8, 4) is 67.3 Å². The average molecular weight is 701 g/mol. The Kier molecular flexibility index (Phi) is 8.08. The third-order valence-corrected chi connectivity index (χ3v) is 11.0. The van der Waals surface area contributed by atoms with Gasteiger partial charge in [-0.15, -0.1) is 0 Å². The zero-order chi connectivity index (χ0) is 36.6. The van der Waals surface area contributed by atoms with Crippen molar-refractivity contribution in [3.05, 3.63) is 241 Å². The normalized spacial score (nSPS) is 12.5.